The molecule has 5 nitrogen and oxygen atoms in total. The molecule has 0 saturated carbocycles. The van der Waals surface area contributed by atoms with Gasteiger partial charge in [0.05, 0.1) is 6.61 Å². The number of esters is 1. The Kier molecular flexibility index (Phi) is 4.85. The van der Waals surface area contributed by atoms with Crippen molar-refractivity contribution in [2.24, 2.45) is 5.41 Å². The topological polar surface area (TPSA) is 75.6 Å². The van der Waals surface area contributed by atoms with Crippen LogP contribution in [-0.2, 0) is 20.7 Å². The van der Waals surface area contributed by atoms with Crippen LogP contribution >= 0.6 is 0 Å². The van der Waals surface area contributed by atoms with Crippen LogP contribution in [0.3, 0.4) is 0 Å². The lowest BCUT2D eigenvalue weighted by Crippen LogP contribution is -2.46. The Hall–Kier alpha value is -1.88. The van der Waals surface area contributed by atoms with Gasteiger partial charge >= 0.3 is 5.97 Å². The molecule has 0 aliphatic rings. The van der Waals surface area contributed by atoms with E-state index in [1.807, 2.05) is 30.3 Å². The van der Waals surface area contributed by atoms with Crippen molar-refractivity contribution in [2.75, 3.05) is 6.61 Å². The van der Waals surface area contributed by atoms with Crippen LogP contribution in [0.15, 0.2) is 30.3 Å². The SMILES string of the molecule is CCOC(=O)[C@@](C)(Cc1ccccc1)C(=O)NO. The minimum atomic E-state index is -1.44. The van der Waals surface area contributed by atoms with Crippen LogP contribution in [0.1, 0.15) is 19.4 Å². The van der Waals surface area contributed by atoms with Crippen LogP contribution < -0.4 is 5.48 Å². The van der Waals surface area contributed by atoms with Crippen LogP contribution in [0.2, 0.25) is 0 Å². The van der Waals surface area contributed by atoms with Gasteiger partial charge in [0.1, 0.15) is 5.41 Å². The average Bonchev–Trinajstić information content (AvgIpc) is 2.39. The van der Waals surface area contributed by atoms with E-state index in [9.17, 15) is 9.59 Å². The number of hydroxylamine groups is 1. The maximum absolute atomic E-state index is 11.9. The van der Waals surface area contributed by atoms with Gasteiger partial charge in [-0.25, -0.2) is 5.48 Å². The summed E-state index contributed by atoms with van der Waals surface area (Å²) < 4.78 is 4.89. The number of hydrogen-bond acceptors (Lipinski definition) is 4. The van der Waals surface area contributed by atoms with Gasteiger partial charge in [0.15, 0.2) is 0 Å². The van der Waals surface area contributed by atoms with Crippen molar-refractivity contribution in [3.05, 3.63) is 35.9 Å². The van der Waals surface area contributed by atoms with E-state index in [2.05, 4.69) is 0 Å². The minimum absolute atomic E-state index is 0.166. The molecule has 1 rings (SSSR count). The Morgan fingerprint density at radius 3 is 2.44 bits per heavy atom. The van der Waals surface area contributed by atoms with Gasteiger partial charge in [0, 0.05) is 0 Å². The number of ether oxygens (including phenoxy) is 1. The third kappa shape index (κ3) is 3.07. The van der Waals surface area contributed by atoms with Crippen molar-refractivity contribution in [3.63, 3.8) is 0 Å². The van der Waals surface area contributed by atoms with E-state index in [1.54, 1.807) is 6.92 Å². The Morgan fingerprint density at radius 1 is 1.33 bits per heavy atom. The molecule has 1 aromatic carbocycles. The lowest BCUT2D eigenvalue weighted by molar-refractivity contribution is -0.162. The van der Waals surface area contributed by atoms with Crippen molar-refractivity contribution in [2.45, 2.75) is 20.3 Å². The van der Waals surface area contributed by atoms with Gasteiger partial charge in [-0.2, -0.15) is 0 Å². The van der Waals surface area contributed by atoms with Gasteiger partial charge in [-0.1, -0.05) is 30.3 Å². The fourth-order valence-corrected chi connectivity index (χ4v) is 1.66. The predicted molar refractivity (Wildman–Crippen MR) is 64.8 cm³/mol. The fourth-order valence-electron chi connectivity index (χ4n) is 1.66. The molecule has 5 heteroatoms. The van der Waals surface area contributed by atoms with Gasteiger partial charge in [-0.05, 0) is 25.8 Å². The molecule has 1 amide bonds. The maximum Gasteiger partial charge on any atom is 0.321 e. The van der Waals surface area contributed by atoms with E-state index in [1.165, 1.54) is 12.4 Å². The van der Waals surface area contributed by atoms with Crippen molar-refractivity contribution >= 4 is 11.9 Å². The molecule has 0 aromatic heterocycles. The number of nitrogens with one attached hydrogen (secondary N) is 1. The average molecular weight is 251 g/mol. The summed E-state index contributed by atoms with van der Waals surface area (Å²) in [6.07, 6.45) is 0.166. The summed E-state index contributed by atoms with van der Waals surface area (Å²) in [7, 11) is 0. The summed E-state index contributed by atoms with van der Waals surface area (Å²) in [5.74, 6) is -1.43. The van der Waals surface area contributed by atoms with Crippen molar-refractivity contribution in [3.8, 4) is 0 Å². The Balaban J connectivity index is 2.98. The molecule has 0 saturated heterocycles. The molecule has 0 fully saturated rings. The molecule has 18 heavy (non-hydrogen) atoms. The first kappa shape index (κ1) is 14.2. The molecule has 1 atom stereocenters. The number of carbonyl (C=O) groups is 2. The first-order chi connectivity index (χ1) is 8.54. The van der Waals surface area contributed by atoms with Crippen molar-refractivity contribution < 1.29 is 19.5 Å². The van der Waals surface area contributed by atoms with Crippen LogP contribution in [-0.4, -0.2) is 23.7 Å². The molecule has 0 aliphatic carbocycles. The molecule has 0 aliphatic heterocycles. The summed E-state index contributed by atoms with van der Waals surface area (Å²) in [6, 6.07) is 9.09. The third-order valence-electron chi connectivity index (χ3n) is 2.73. The van der Waals surface area contributed by atoms with E-state index >= 15 is 0 Å². The Morgan fingerprint density at radius 2 is 1.94 bits per heavy atom. The van der Waals surface area contributed by atoms with Crippen LogP contribution in [0.5, 0.6) is 0 Å². The second-order valence-corrected chi connectivity index (χ2v) is 4.16. The van der Waals surface area contributed by atoms with E-state index < -0.39 is 17.3 Å². The highest BCUT2D eigenvalue weighted by Gasteiger charge is 2.42. The lowest BCUT2D eigenvalue weighted by Gasteiger charge is -2.24. The number of amides is 1. The second-order valence-electron chi connectivity index (χ2n) is 4.16. The van der Waals surface area contributed by atoms with Gasteiger partial charge in [-0.15, -0.1) is 0 Å². The van der Waals surface area contributed by atoms with Crippen LogP contribution in [0, 0.1) is 5.41 Å². The smallest absolute Gasteiger partial charge is 0.321 e. The Labute approximate surface area is 106 Å². The maximum atomic E-state index is 11.9. The molecule has 0 bridgehead atoms. The highest BCUT2D eigenvalue weighted by molar-refractivity contribution is 6.02. The molecular weight excluding hydrogens is 234 g/mol. The molecule has 0 spiro atoms. The molecule has 0 unspecified atom stereocenters. The van der Waals surface area contributed by atoms with Gasteiger partial charge in [0.25, 0.3) is 5.91 Å². The molecule has 0 radical (unpaired) electrons. The predicted octanol–water partition coefficient (Wildman–Crippen LogP) is 1.30. The van der Waals surface area contributed by atoms with Crippen LogP contribution in [0.25, 0.3) is 0 Å². The number of rotatable bonds is 5. The van der Waals surface area contributed by atoms with Gasteiger partial charge in [0.2, 0.25) is 0 Å². The first-order valence-electron chi connectivity index (χ1n) is 5.70. The van der Waals surface area contributed by atoms with E-state index in [0.717, 1.165) is 5.56 Å². The molecule has 98 valence electrons. The van der Waals surface area contributed by atoms with Gasteiger partial charge < -0.3 is 4.74 Å². The largest absolute Gasteiger partial charge is 0.465 e. The van der Waals surface area contributed by atoms with E-state index in [4.69, 9.17) is 9.94 Å². The van der Waals surface area contributed by atoms with E-state index in [-0.39, 0.29) is 13.0 Å². The van der Waals surface area contributed by atoms with Crippen molar-refractivity contribution in [1.82, 2.24) is 5.48 Å². The highest BCUT2D eigenvalue weighted by Crippen LogP contribution is 2.25. The van der Waals surface area contributed by atoms with Crippen molar-refractivity contribution in [1.29, 1.82) is 0 Å². The monoisotopic (exact) mass is 251 g/mol. The number of benzene rings is 1. The zero-order valence-electron chi connectivity index (χ0n) is 10.5. The third-order valence-corrected chi connectivity index (χ3v) is 2.73. The summed E-state index contributed by atoms with van der Waals surface area (Å²) in [4.78, 5) is 23.6. The summed E-state index contributed by atoms with van der Waals surface area (Å²) in [5.41, 5.74) is 0.903. The molecule has 2 N–H and O–H groups in total. The first-order valence-corrected chi connectivity index (χ1v) is 5.70. The Bertz CT molecular complexity index is 418. The number of hydrogen-bond donors (Lipinski definition) is 2. The molecular formula is C13H17NO4. The highest BCUT2D eigenvalue weighted by atomic mass is 16.5. The number of carbonyl (C=O) groups excluding carboxylic acids is 2. The van der Waals surface area contributed by atoms with Crippen LogP contribution in [0.4, 0.5) is 0 Å². The quantitative estimate of drug-likeness (QED) is 0.358. The summed E-state index contributed by atoms with van der Waals surface area (Å²) in [6.45, 7) is 3.29. The normalized spacial score (nSPS) is 13.5. The molecule has 0 heterocycles. The zero-order chi connectivity index (χ0) is 13.6. The van der Waals surface area contributed by atoms with E-state index in [0.29, 0.717) is 0 Å². The fraction of sp³-hybridized carbons (Fsp3) is 0.385. The molecule has 1 aromatic rings. The minimum Gasteiger partial charge on any atom is -0.465 e. The van der Waals surface area contributed by atoms with Gasteiger partial charge in [-0.3, -0.25) is 14.8 Å². The summed E-state index contributed by atoms with van der Waals surface area (Å²) >= 11 is 0. The standard InChI is InChI=1S/C13H17NO4/c1-3-18-12(16)13(2,11(15)14-17)9-10-7-5-4-6-8-10/h4-8,17H,3,9H2,1-2H3,(H,14,15)/t13-/m0/s1. The lowest BCUT2D eigenvalue weighted by atomic mass is 9.83. The zero-order valence-corrected chi connectivity index (χ0v) is 10.5. The summed E-state index contributed by atoms with van der Waals surface area (Å²) in [5, 5.41) is 8.76. The second kappa shape index (κ2) is 6.16.